The molecule has 0 amide bonds. The Morgan fingerprint density at radius 2 is 1.67 bits per heavy atom. The number of thiocarbonyl (C=S) groups is 1. The maximum absolute atomic E-state index is 13.0. The van der Waals surface area contributed by atoms with Gasteiger partial charge in [-0.2, -0.15) is 4.31 Å². The molecule has 1 atom stereocenters. The van der Waals surface area contributed by atoms with Crippen molar-refractivity contribution in [1.82, 2.24) is 9.21 Å². The van der Waals surface area contributed by atoms with Crippen LogP contribution in [0.5, 0.6) is 0 Å². The molecule has 0 spiro atoms. The summed E-state index contributed by atoms with van der Waals surface area (Å²) in [6.45, 7) is 10.3. The lowest BCUT2D eigenvalue weighted by atomic mass is 9.99. The van der Waals surface area contributed by atoms with Gasteiger partial charge in [0, 0.05) is 31.9 Å². The highest BCUT2D eigenvalue weighted by Gasteiger charge is 2.29. The van der Waals surface area contributed by atoms with Crippen molar-refractivity contribution in [3.63, 3.8) is 0 Å². The summed E-state index contributed by atoms with van der Waals surface area (Å²) in [5.74, 6) is 0.540. The predicted molar refractivity (Wildman–Crippen MR) is 128 cm³/mol. The highest BCUT2D eigenvalue weighted by molar-refractivity contribution is 7.89. The maximum atomic E-state index is 13.0. The first-order valence-electron chi connectivity index (χ1n) is 10.5. The van der Waals surface area contributed by atoms with E-state index in [9.17, 15) is 8.42 Å². The van der Waals surface area contributed by atoms with E-state index in [-0.39, 0.29) is 0 Å². The second kappa shape index (κ2) is 9.45. The molecule has 1 aliphatic rings. The molecule has 0 aromatic heterocycles. The minimum Gasteiger partial charge on any atom is -0.346 e. The summed E-state index contributed by atoms with van der Waals surface area (Å²) in [7, 11) is -3.48. The molecule has 1 heterocycles. The molecule has 1 N–H and O–H groups in total. The van der Waals surface area contributed by atoms with Gasteiger partial charge in [0.15, 0.2) is 5.11 Å². The molecule has 3 rings (SSSR count). The van der Waals surface area contributed by atoms with E-state index in [4.69, 9.17) is 12.2 Å². The minimum absolute atomic E-state index is 0.362. The number of hydrogen-bond acceptors (Lipinski definition) is 3. The highest BCUT2D eigenvalue weighted by atomic mass is 32.2. The minimum atomic E-state index is -3.48. The summed E-state index contributed by atoms with van der Waals surface area (Å²) in [5, 5.41) is 3.92. The van der Waals surface area contributed by atoms with Gasteiger partial charge in [-0.05, 0) is 79.4 Å². The first-order valence-corrected chi connectivity index (χ1v) is 12.3. The molecule has 0 saturated carbocycles. The Balaban J connectivity index is 1.59. The van der Waals surface area contributed by atoms with Gasteiger partial charge in [0.05, 0.1) is 4.90 Å². The van der Waals surface area contributed by atoms with Crippen LogP contribution in [0.4, 0.5) is 5.69 Å². The molecule has 1 fully saturated rings. The number of piperazine rings is 1. The summed E-state index contributed by atoms with van der Waals surface area (Å²) in [6.07, 6.45) is 1.11. The van der Waals surface area contributed by atoms with E-state index in [0.717, 1.165) is 23.2 Å². The zero-order chi connectivity index (χ0) is 21.9. The third kappa shape index (κ3) is 5.02. The van der Waals surface area contributed by atoms with Gasteiger partial charge in [0.2, 0.25) is 10.0 Å². The molecule has 0 bridgehead atoms. The molecular formula is C23H31N3O2S2. The van der Waals surface area contributed by atoms with Crippen molar-refractivity contribution in [2.45, 2.75) is 44.9 Å². The van der Waals surface area contributed by atoms with Crippen LogP contribution in [0.2, 0.25) is 0 Å². The fourth-order valence-electron chi connectivity index (χ4n) is 3.49. The van der Waals surface area contributed by atoms with Crippen molar-refractivity contribution < 1.29 is 8.42 Å². The van der Waals surface area contributed by atoms with Crippen molar-refractivity contribution in [3.8, 4) is 0 Å². The molecular weight excluding hydrogens is 414 g/mol. The van der Waals surface area contributed by atoms with Gasteiger partial charge in [-0.1, -0.05) is 32.0 Å². The number of rotatable bonds is 5. The summed E-state index contributed by atoms with van der Waals surface area (Å²) in [5.41, 5.74) is 4.35. The molecule has 2 aromatic carbocycles. The molecule has 0 aliphatic carbocycles. The van der Waals surface area contributed by atoms with Crippen LogP contribution in [0.1, 0.15) is 42.9 Å². The van der Waals surface area contributed by atoms with Crippen LogP contribution in [-0.4, -0.2) is 48.9 Å². The van der Waals surface area contributed by atoms with Crippen molar-refractivity contribution >= 4 is 33.0 Å². The van der Waals surface area contributed by atoms with Gasteiger partial charge in [0.1, 0.15) is 0 Å². The molecule has 0 radical (unpaired) electrons. The van der Waals surface area contributed by atoms with E-state index in [0.29, 0.717) is 42.1 Å². The van der Waals surface area contributed by atoms with Gasteiger partial charge in [-0.15, -0.1) is 0 Å². The number of anilines is 1. The first kappa shape index (κ1) is 22.7. The van der Waals surface area contributed by atoms with Crippen molar-refractivity contribution in [3.05, 3.63) is 59.2 Å². The van der Waals surface area contributed by atoms with E-state index < -0.39 is 10.0 Å². The average molecular weight is 446 g/mol. The van der Waals surface area contributed by atoms with Crippen LogP contribution in [0.15, 0.2) is 47.4 Å². The molecule has 1 unspecified atom stereocenters. The van der Waals surface area contributed by atoms with Crippen molar-refractivity contribution in [1.29, 1.82) is 0 Å². The largest absolute Gasteiger partial charge is 0.346 e. The normalized spacial score (nSPS) is 16.3. The third-order valence-corrected chi connectivity index (χ3v) is 8.24. The Kier molecular flexibility index (Phi) is 7.16. The van der Waals surface area contributed by atoms with Gasteiger partial charge >= 0.3 is 0 Å². The Morgan fingerprint density at radius 1 is 1.03 bits per heavy atom. The fraction of sp³-hybridized carbons (Fsp3) is 0.435. The topological polar surface area (TPSA) is 52.6 Å². The molecule has 30 heavy (non-hydrogen) atoms. The zero-order valence-electron chi connectivity index (χ0n) is 18.2. The Bertz CT molecular complexity index is 996. The Morgan fingerprint density at radius 3 is 2.23 bits per heavy atom. The second-order valence-electron chi connectivity index (χ2n) is 8.00. The molecule has 2 aromatic rings. The van der Waals surface area contributed by atoms with Crippen LogP contribution in [0, 0.1) is 13.8 Å². The lowest BCUT2D eigenvalue weighted by molar-refractivity contribution is 0.268. The monoisotopic (exact) mass is 445 g/mol. The van der Waals surface area contributed by atoms with Gasteiger partial charge in [-0.25, -0.2) is 8.42 Å². The van der Waals surface area contributed by atoms with Crippen LogP contribution in [-0.2, 0) is 10.0 Å². The predicted octanol–water partition coefficient (Wildman–Crippen LogP) is 4.52. The summed E-state index contributed by atoms with van der Waals surface area (Å²) in [6, 6.07) is 13.7. The van der Waals surface area contributed by atoms with Crippen LogP contribution < -0.4 is 5.32 Å². The third-order valence-electron chi connectivity index (χ3n) is 5.99. The van der Waals surface area contributed by atoms with Crippen molar-refractivity contribution in [2.24, 2.45) is 0 Å². The zero-order valence-corrected chi connectivity index (χ0v) is 19.8. The number of nitrogens with zero attached hydrogens (tertiary/aromatic N) is 2. The molecule has 7 heteroatoms. The van der Waals surface area contributed by atoms with E-state index in [1.807, 2.05) is 36.9 Å². The SMILES string of the molecule is CCC(C)c1ccc(NC(=S)N2CCN(S(=O)(=O)c3ccc(C)c(C)c3)CC2)cc1. The Hall–Kier alpha value is -1.96. The van der Waals surface area contributed by atoms with Crippen LogP contribution in [0.3, 0.4) is 0 Å². The first-order chi connectivity index (χ1) is 14.2. The average Bonchev–Trinajstić information content (AvgIpc) is 2.75. The standard InChI is InChI=1S/C23H31N3O2S2/c1-5-17(2)20-7-9-21(10-8-20)24-23(29)25-12-14-26(15-13-25)30(27,28)22-11-6-18(3)19(4)16-22/h6-11,16-17H,5,12-15H2,1-4H3,(H,24,29). The number of nitrogens with one attached hydrogen (secondary N) is 1. The lowest BCUT2D eigenvalue weighted by Crippen LogP contribution is -2.51. The number of benzene rings is 2. The van der Waals surface area contributed by atoms with E-state index in [2.05, 4.69) is 31.3 Å². The van der Waals surface area contributed by atoms with Crippen LogP contribution in [0.25, 0.3) is 0 Å². The molecule has 1 aliphatic heterocycles. The van der Waals surface area contributed by atoms with Gasteiger partial charge in [0.25, 0.3) is 0 Å². The summed E-state index contributed by atoms with van der Waals surface area (Å²) >= 11 is 5.57. The van der Waals surface area contributed by atoms with E-state index in [1.165, 1.54) is 5.56 Å². The highest BCUT2D eigenvalue weighted by Crippen LogP contribution is 2.22. The number of sulfonamides is 1. The van der Waals surface area contributed by atoms with Crippen LogP contribution >= 0.6 is 12.2 Å². The van der Waals surface area contributed by atoms with E-state index in [1.54, 1.807) is 16.4 Å². The molecule has 162 valence electrons. The summed E-state index contributed by atoms with van der Waals surface area (Å²) < 4.78 is 27.5. The second-order valence-corrected chi connectivity index (χ2v) is 10.3. The smallest absolute Gasteiger partial charge is 0.243 e. The maximum Gasteiger partial charge on any atom is 0.243 e. The number of hydrogen-bond donors (Lipinski definition) is 1. The van der Waals surface area contributed by atoms with Crippen molar-refractivity contribution in [2.75, 3.05) is 31.5 Å². The lowest BCUT2D eigenvalue weighted by Gasteiger charge is -2.35. The number of aryl methyl sites for hydroxylation is 2. The van der Waals surface area contributed by atoms with Gasteiger partial charge < -0.3 is 10.2 Å². The quantitative estimate of drug-likeness (QED) is 0.686. The summed E-state index contributed by atoms with van der Waals surface area (Å²) in [4.78, 5) is 2.39. The fourth-order valence-corrected chi connectivity index (χ4v) is 5.30. The van der Waals surface area contributed by atoms with Gasteiger partial charge in [-0.3, -0.25) is 0 Å². The molecule has 1 saturated heterocycles. The van der Waals surface area contributed by atoms with E-state index >= 15 is 0 Å². The Labute approximate surface area is 186 Å². The molecule has 5 nitrogen and oxygen atoms in total.